The highest BCUT2D eigenvalue weighted by Gasteiger charge is 2.51. The summed E-state index contributed by atoms with van der Waals surface area (Å²) in [6.45, 7) is 3.98. The first kappa shape index (κ1) is 16.9. The van der Waals surface area contributed by atoms with Crippen LogP contribution in [-0.2, 0) is 27.7 Å². The van der Waals surface area contributed by atoms with E-state index in [0.29, 0.717) is 0 Å². The molecule has 22 heavy (non-hydrogen) atoms. The molecule has 1 amide bonds. The van der Waals surface area contributed by atoms with Gasteiger partial charge >= 0.3 is 0 Å². The van der Waals surface area contributed by atoms with E-state index in [0.717, 1.165) is 24.0 Å². The Morgan fingerprint density at radius 2 is 1.91 bits per heavy atom. The van der Waals surface area contributed by atoms with Crippen LogP contribution >= 0.6 is 0 Å². The quantitative estimate of drug-likeness (QED) is 0.706. The molecule has 1 fully saturated rings. The number of hydrogen-bond acceptors (Lipinski definition) is 4. The lowest BCUT2D eigenvalue weighted by Gasteiger charge is -2.42. The fraction of sp³-hybridized carbons (Fsp3) is 0.533. The van der Waals surface area contributed by atoms with Gasteiger partial charge in [-0.15, -0.1) is 0 Å². The highest BCUT2D eigenvalue weighted by atomic mass is 32.2. The highest BCUT2D eigenvalue weighted by Crippen LogP contribution is 2.33. The van der Waals surface area contributed by atoms with E-state index < -0.39 is 27.6 Å². The first-order valence-electron chi connectivity index (χ1n) is 7.38. The summed E-state index contributed by atoms with van der Waals surface area (Å²) in [5.74, 6) is -0.762. The van der Waals surface area contributed by atoms with Crippen LogP contribution in [0, 0.1) is 0 Å². The minimum Gasteiger partial charge on any atom is -0.393 e. The van der Waals surface area contributed by atoms with Gasteiger partial charge in [0.2, 0.25) is 15.9 Å². The number of rotatable bonds is 6. The van der Waals surface area contributed by atoms with E-state index in [1.165, 1.54) is 6.07 Å². The van der Waals surface area contributed by atoms with Crippen LogP contribution in [0.15, 0.2) is 23.1 Å². The number of sulfonamides is 1. The normalized spacial score (nSPS) is 24.8. The summed E-state index contributed by atoms with van der Waals surface area (Å²) in [6.07, 6.45) is 0.870. The van der Waals surface area contributed by atoms with E-state index in [4.69, 9.17) is 5.73 Å². The van der Waals surface area contributed by atoms with Crippen LogP contribution in [0.4, 0.5) is 0 Å². The molecule has 0 radical (unpaired) electrons. The average molecular weight is 326 g/mol. The van der Waals surface area contributed by atoms with E-state index in [2.05, 4.69) is 4.72 Å². The molecule has 0 spiro atoms. The third kappa shape index (κ3) is 3.02. The average Bonchev–Trinajstić information content (AvgIpc) is 2.43. The molecule has 2 rings (SSSR count). The second kappa shape index (κ2) is 5.98. The molecule has 0 bridgehead atoms. The molecule has 1 aliphatic rings. The van der Waals surface area contributed by atoms with Crippen molar-refractivity contribution in [2.75, 3.05) is 0 Å². The number of nitrogens with two attached hydrogens (primary N) is 1. The molecule has 1 aromatic rings. The molecular weight excluding hydrogens is 304 g/mol. The SMILES string of the molecule is CCc1ccc(S(=O)(=O)NC2(C(N)=O)CC(O)C2)cc1CC. The fourth-order valence-electron chi connectivity index (χ4n) is 2.84. The Bertz CT molecular complexity index is 679. The molecule has 0 aliphatic heterocycles. The molecule has 7 heteroatoms. The molecule has 0 unspecified atom stereocenters. The standard InChI is InChI=1S/C15H22N2O4S/c1-3-10-5-6-13(7-11(10)4-2)22(20,21)17-15(14(16)19)8-12(18)9-15/h5-7,12,17-18H,3-4,8-9H2,1-2H3,(H2,16,19). The second-order valence-corrected chi connectivity index (χ2v) is 7.43. The predicted molar refractivity (Wildman–Crippen MR) is 82.7 cm³/mol. The first-order valence-corrected chi connectivity index (χ1v) is 8.86. The van der Waals surface area contributed by atoms with Gasteiger partial charge in [-0.3, -0.25) is 4.79 Å². The smallest absolute Gasteiger partial charge is 0.241 e. The first-order chi connectivity index (χ1) is 10.2. The van der Waals surface area contributed by atoms with Gasteiger partial charge in [0.15, 0.2) is 0 Å². The monoisotopic (exact) mass is 326 g/mol. The predicted octanol–water partition coefficient (Wildman–Crippen LogP) is 0.468. The van der Waals surface area contributed by atoms with Crippen LogP contribution in [-0.4, -0.2) is 31.1 Å². The largest absolute Gasteiger partial charge is 0.393 e. The number of aliphatic hydroxyl groups excluding tert-OH is 1. The number of primary amides is 1. The summed E-state index contributed by atoms with van der Waals surface area (Å²) in [6, 6.07) is 4.95. The zero-order valence-electron chi connectivity index (χ0n) is 12.8. The van der Waals surface area contributed by atoms with Crippen molar-refractivity contribution in [1.29, 1.82) is 0 Å². The van der Waals surface area contributed by atoms with Gasteiger partial charge in [0, 0.05) is 12.8 Å². The number of nitrogens with one attached hydrogen (secondary N) is 1. The summed E-state index contributed by atoms with van der Waals surface area (Å²) in [7, 11) is -3.87. The Balaban J connectivity index is 2.33. The lowest BCUT2D eigenvalue weighted by molar-refractivity contribution is -0.131. The van der Waals surface area contributed by atoms with E-state index >= 15 is 0 Å². The minimum absolute atomic E-state index is 0.00917. The summed E-state index contributed by atoms with van der Waals surface area (Å²) < 4.78 is 27.4. The van der Waals surface area contributed by atoms with Gasteiger partial charge in [-0.05, 0) is 36.1 Å². The van der Waals surface area contributed by atoms with Crippen molar-refractivity contribution in [3.63, 3.8) is 0 Å². The number of hydrogen-bond donors (Lipinski definition) is 3. The molecule has 0 saturated heterocycles. The van der Waals surface area contributed by atoms with Gasteiger partial charge in [0.05, 0.1) is 11.0 Å². The molecule has 0 aromatic heterocycles. The number of aliphatic hydroxyl groups is 1. The van der Waals surface area contributed by atoms with Gasteiger partial charge in [-0.25, -0.2) is 8.42 Å². The number of aryl methyl sites for hydroxylation is 2. The van der Waals surface area contributed by atoms with Crippen molar-refractivity contribution in [2.45, 2.75) is 56.1 Å². The highest BCUT2D eigenvalue weighted by molar-refractivity contribution is 7.89. The van der Waals surface area contributed by atoms with Crippen molar-refractivity contribution in [2.24, 2.45) is 5.73 Å². The van der Waals surface area contributed by atoms with Crippen LogP contribution in [0.25, 0.3) is 0 Å². The third-order valence-corrected chi connectivity index (χ3v) is 5.75. The van der Waals surface area contributed by atoms with Crippen molar-refractivity contribution < 1.29 is 18.3 Å². The maximum Gasteiger partial charge on any atom is 0.241 e. The van der Waals surface area contributed by atoms with Crippen molar-refractivity contribution in [3.8, 4) is 0 Å². The Hall–Kier alpha value is -1.44. The van der Waals surface area contributed by atoms with Crippen LogP contribution in [0.1, 0.15) is 37.8 Å². The minimum atomic E-state index is -3.87. The van der Waals surface area contributed by atoms with E-state index in [1.807, 2.05) is 13.8 Å². The van der Waals surface area contributed by atoms with Gasteiger partial charge in [-0.1, -0.05) is 19.9 Å². The third-order valence-electron chi connectivity index (χ3n) is 4.22. The summed E-state index contributed by atoms with van der Waals surface area (Å²) in [5, 5.41) is 9.41. The topological polar surface area (TPSA) is 109 Å². The van der Waals surface area contributed by atoms with Crippen molar-refractivity contribution in [1.82, 2.24) is 4.72 Å². The van der Waals surface area contributed by atoms with Crippen LogP contribution in [0.3, 0.4) is 0 Å². The van der Waals surface area contributed by atoms with E-state index in [1.54, 1.807) is 12.1 Å². The Labute approximate surface area is 130 Å². The maximum absolute atomic E-state index is 12.5. The van der Waals surface area contributed by atoms with E-state index in [9.17, 15) is 18.3 Å². The molecule has 4 N–H and O–H groups in total. The molecule has 6 nitrogen and oxygen atoms in total. The summed E-state index contributed by atoms with van der Waals surface area (Å²) >= 11 is 0. The molecule has 0 atom stereocenters. The summed E-state index contributed by atoms with van der Waals surface area (Å²) in [4.78, 5) is 11.7. The number of carbonyl (C=O) groups is 1. The lowest BCUT2D eigenvalue weighted by Crippen LogP contribution is -2.66. The maximum atomic E-state index is 12.5. The van der Waals surface area contributed by atoms with Crippen LogP contribution in [0.2, 0.25) is 0 Å². The number of benzene rings is 1. The number of carbonyl (C=O) groups excluding carboxylic acids is 1. The molecule has 0 heterocycles. The fourth-order valence-corrected chi connectivity index (χ4v) is 4.28. The molecule has 1 aliphatic carbocycles. The Morgan fingerprint density at radius 3 is 2.36 bits per heavy atom. The number of amides is 1. The van der Waals surface area contributed by atoms with Crippen molar-refractivity contribution >= 4 is 15.9 Å². The summed E-state index contributed by atoms with van der Waals surface area (Å²) in [5.41, 5.74) is 5.99. The van der Waals surface area contributed by atoms with Gasteiger partial charge in [0.1, 0.15) is 5.54 Å². The Morgan fingerprint density at radius 1 is 1.32 bits per heavy atom. The van der Waals surface area contributed by atoms with Gasteiger partial charge < -0.3 is 10.8 Å². The zero-order chi connectivity index (χ0) is 16.5. The van der Waals surface area contributed by atoms with Crippen molar-refractivity contribution in [3.05, 3.63) is 29.3 Å². The second-order valence-electron chi connectivity index (χ2n) is 5.75. The Kier molecular flexibility index (Phi) is 4.60. The molecule has 1 saturated carbocycles. The van der Waals surface area contributed by atoms with Gasteiger partial charge in [0.25, 0.3) is 0 Å². The molecular formula is C15H22N2O4S. The van der Waals surface area contributed by atoms with Gasteiger partial charge in [-0.2, -0.15) is 4.72 Å². The zero-order valence-corrected chi connectivity index (χ0v) is 13.6. The van der Waals surface area contributed by atoms with Crippen LogP contribution in [0.5, 0.6) is 0 Å². The molecule has 122 valence electrons. The molecule has 1 aromatic carbocycles. The van der Waals surface area contributed by atoms with Crippen LogP contribution < -0.4 is 10.5 Å². The lowest BCUT2D eigenvalue weighted by atomic mass is 9.75. The van der Waals surface area contributed by atoms with E-state index in [-0.39, 0.29) is 17.7 Å².